The number of nitrogens with zero attached hydrogens (tertiary/aromatic N) is 2. The fraction of sp³-hybridized carbons (Fsp3) is 0.235. The van der Waals surface area contributed by atoms with Gasteiger partial charge in [0.25, 0.3) is 5.91 Å². The number of anilines is 1. The van der Waals surface area contributed by atoms with Crippen molar-refractivity contribution in [3.63, 3.8) is 0 Å². The Morgan fingerprint density at radius 3 is 2.88 bits per heavy atom. The lowest BCUT2D eigenvalue weighted by atomic mass is 9.92. The summed E-state index contributed by atoms with van der Waals surface area (Å²) in [6.45, 7) is 2.77. The van der Waals surface area contributed by atoms with Gasteiger partial charge in [0.15, 0.2) is 0 Å². The summed E-state index contributed by atoms with van der Waals surface area (Å²) in [5.74, 6) is 0.270. The van der Waals surface area contributed by atoms with Crippen LogP contribution < -0.4 is 11.1 Å². The second-order valence-electron chi connectivity index (χ2n) is 5.65. The molecule has 2 heterocycles. The van der Waals surface area contributed by atoms with Crippen LogP contribution in [0.3, 0.4) is 0 Å². The summed E-state index contributed by atoms with van der Waals surface area (Å²) >= 11 is 0. The number of carbonyl (C=O) groups is 1. The van der Waals surface area contributed by atoms with Crippen LogP contribution in [0.5, 0.6) is 0 Å². The minimum Gasteiger partial charge on any atom is -0.386 e. The van der Waals surface area contributed by atoms with E-state index in [1.54, 1.807) is 18.3 Å². The predicted molar refractivity (Wildman–Crippen MR) is 95.7 cm³/mol. The molecule has 0 saturated carbocycles. The van der Waals surface area contributed by atoms with Gasteiger partial charge in [-0.1, -0.05) is 12.1 Å². The highest BCUT2D eigenvalue weighted by Crippen LogP contribution is 2.29. The number of rotatable bonds is 3. The summed E-state index contributed by atoms with van der Waals surface area (Å²) in [7, 11) is 0. The van der Waals surface area contributed by atoms with Crippen molar-refractivity contribution in [1.82, 2.24) is 4.98 Å². The molecule has 24 heavy (non-hydrogen) atoms. The van der Waals surface area contributed by atoms with Gasteiger partial charge in [-0.2, -0.15) is 0 Å². The smallest absolute Gasteiger partial charge is 0.257 e. The molecule has 2 aromatic rings. The molecule has 7 heteroatoms. The monoisotopic (exact) mass is 346 g/mol. The molecule has 0 radical (unpaired) electrons. The van der Waals surface area contributed by atoms with Gasteiger partial charge < -0.3 is 15.8 Å². The van der Waals surface area contributed by atoms with Gasteiger partial charge in [-0.15, -0.1) is 12.4 Å². The zero-order valence-electron chi connectivity index (χ0n) is 13.2. The molecule has 3 N–H and O–H groups in total. The lowest BCUT2D eigenvalue weighted by Crippen LogP contribution is -2.37. The van der Waals surface area contributed by atoms with Crippen molar-refractivity contribution in [2.45, 2.75) is 12.5 Å². The zero-order valence-corrected chi connectivity index (χ0v) is 14.0. The van der Waals surface area contributed by atoms with Crippen molar-refractivity contribution in [3.8, 4) is 0 Å². The van der Waals surface area contributed by atoms with E-state index in [9.17, 15) is 4.79 Å². The van der Waals surface area contributed by atoms with E-state index >= 15 is 0 Å². The molecule has 126 valence electrons. The van der Waals surface area contributed by atoms with Crippen molar-refractivity contribution < 1.29 is 9.53 Å². The Balaban J connectivity index is 0.00000208. The van der Waals surface area contributed by atoms with Crippen LogP contribution in [0.25, 0.3) is 0 Å². The number of ether oxygens (including phenoxy) is 1. The zero-order chi connectivity index (χ0) is 16.3. The first-order chi connectivity index (χ1) is 11.1. The van der Waals surface area contributed by atoms with Crippen molar-refractivity contribution >= 4 is 29.8 Å². The predicted octanol–water partition coefficient (Wildman–Crippen LogP) is 2.36. The van der Waals surface area contributed by atoms with E-state index in [0.29, 0.717) is 30.3 Å². The molecule has 0 saturated heterocycles. The number of aliphatic imine (C=N–C) groups is 1. The molecule has 0 spiro atoms. The van der Waals surface area contributed by atoms with Crippen molar-refractivity contribution in [2.24, 2.45) is 10.7 Å². The van der Waals surface area contributed by atoms with Crippen LogP contribution >= 0.6 is 12.4 Å². The number of aromatic nitrogens is 1. The van der Waals surface area contributed by atoms with Gasteiger partial charge in [-0.3, -0.25) is 14.8 Å². The first kappa shape index (κ1) is 17.9. The average molecular weight is 347 g/mol. The van der Waals surface area contributed by atoms with E-state index in [1.165, 1.54) is 6.20 Å². The number of carbonyl (C=O) groups excluding carboxylic acids is 1. The molecule has 1 atom stereocenters. The Kier molecular flexibility index (Phi) is 5.54. The third-order valence-electron chi connectivity index (χ3n) is 3.69. The summed E-state index contributed by atoms with van der Waals surface area (Å²) in [4.78, 5) is 20.7. The number of hydrogen-bond donors (Lipinski definition) is 2. The normalized spacial score (nSPS) is 19.8. The summed E-state index contributed by atoms with van der Waals surface area (Å²) in [5, 5.41) is 2.87. The lowest BCUT2D eigenvalue weighted by Gasteiger charge is -2.30. The van der Waals surface area contributed by atoms with Crippen molar-refractivity contribution in [1.29, 1.82) is 0 Å². The molecule has 0 aliphatic carbocycles. The third-order valence-corrected chi connectivity index (χ3v) is 3.69. The fourth-order valence-electron chi connectivity index (χ4n) is 2.52. The first-order valence-corrected chi connectivity index (χ1v) is 7.31. The van der Waals surface area contributed by atoms with Crippen LogP contribution in [0, 0.1) is 0 Å². The van der Waals surface area contributed by atoms with Crippen LogP contribution in [0.4, 0.5) is 5.69 Å². The van der Waals surface area contributed by atoms with Crippen LogP contribution in [-0.2, 0) is 10.3 Å². The Morgan fingerprint density at radius 1 is 1.33 bits per heavy atom. The average Bonchev–Trinajstić information content (AvgIpc) is 2.56. The molecule has 1 aromatic heterocycles. The molecule has 1 aliphatic heterocycles. The van der Waals surface area contributed by atoms with Gasteiger partial charge in [-0.05, 0) is 36.8 Å². The summed E-state index contributed by atoms with van der Waals surface area (Å²) in [6, 6.07) is 11.0. The number of pyridine rings is 1. The maximum Gasteiger partial charge on any atom is 0.257 e. The van der Waals surface area contributed by atoms with Gasteiger partial charge >= 0.3 is 0 Å². The Hall–Kier alpha value is -2.44. The molecular weight excluding hydrogens is 328 g/mol. The van der Waals surface area contributed by atoms with Crippen LogP contribution in [0.2, 0.25) is 0 Å². The molecule has 0 bridgehead atoms. The Bertz CT molecular complexity index is 751. The highest BCUT2D eigenvalue weighted by Gasteiger charge is 2.30. The Morgan fingerprint density at radius 2 is 2.17 bits per heavy atom. The van der Waals surface area contributed by atoms with E-state index in [0.717, 1.165) is 5.56 Å². The van der Waals surface area contributed by atoms with E-state index in [2.05, 4.69) is 15.3 Å². The van der Waals surface area contributed by atoms with Gasteiger partial charge in [-0.25, -0.2) is 0 Å². The first-order valence-electron chi connectivity index (χ1n) is 7.31. The van der Waals surface area contributed by atoms with Gasteiger partial charge in [0.05, 0.1) is 12.2 Å². The van der Waals surface area contributed by atoms with Crippen LogP contribution in [0.15, 0.2) is 53.8 Å². The molecule has 1 aromatic carbocycles. The number of halogens is 1. The maximum absolute atomic E-state index is 12.2. The van der Waals surface area contributed by atoms with Gasteiger partial charge in [0.2, 0.25) is 0 Å². The number of nitrogens with two attached hydrogens (primary N) is 1. The third kappa shape index (κ3) is 3.90. The molecule has 6 nitrogen and oxygen atoms in total. The molecule has 1 aliphatic rings. The minimum absolute atomic E-state index is 0. The van der Waals surface area contributed by atoms with Gasteiger partial charge in [0, 0.05) is 18.1 Å². The number of nitrogens with one attached hydrogen (secondary N) is 1. The van der Waals surface area contributed by atoms with Crippen LogP contribution in [-0.4, -0.2) is 29.9 Å². The molecule has 0 fully saturated rings. The number of amides is 1. The van der Waals surface area contributed by atoms with Crippen LogP contribution in [0.1, 0.15) is 22.8 Å². The summed E-state index contributed by atoms with van der Waals surface area (Å²) in [6.07, 6.45) is 3.16. The second-order valence-corrected chi connectivity index (χ2v) is 5.65. The number of amidine groups is 1. The van der Waals surface area contributed by atoms with E-state index in [-0.39, 0.29) is 18.3 Å². The molecule has 1 amide bonds. The van der Waals surface area contributed by atoms with Crippen molar-refractivity contribution in [3.05, 3.63) is 59.9 Å². The summed E-state index contributed by atoms with van der Waals surface area (Å²) < 4.78 is 5.49. The number of hydrogen-bond acceptors (Lipinski definition) is 5. The largest absolute Gasteiger partial charge is 0.386 e. The summed E-state index contributed by atoms with van der Waals surface area (Å²) in [5.41, 5.74) is 7.38. The quantitative estimate of drug-likeness (QED) is 0.892. The number of benzene rings is 1. The molecular formula is C17H19ClN4O2. The highest BCUT2D eigenvalue weighted by atomic mass is 35.5. The minimum atomic E-state index is -0.544. The highest BCUT2D eigenvalue weighted by molar-refractivity contribution is 6.04. The standard InChI is InChI=1S/C17H18N4O2.ClH/c1-17(11-23-10-15(18)21-17)13-5-2-6-14(8-13)20-16(22)12-4-3-7-19-9-12;/h2-9H,10-11H2,1H3,(H2,18,21)(H,20,22);1H. The van der Waals surface area contributed by atoms with E-state index in [1.807, 2.05) is 31.2 Å². The molecule has 3 rings (SSSR count). The molecule has 1 unspecified atom stereocenters. The maximum atomic E-state index is 12.2. The fourth-order valence-corrected chi connectivity index (χ4v) is 2.52. The van der Waals surface area contributed by atoms with Crippen molar-refractivity contribution in [2.75, 3.05) is 18.5 Å². The van der Waals surface area contributed by atoms with E-state index < -0.39 is 5.54 Å². The Labute approximate surface area is 146 Å². The van der Waals surface area contributed by atoms with Gasteiger partial charge in [0.1, 0.15) is 18.0 Å². The SMILES string of the molecule is CC1(c2cccc(NC(=O)c3cccnc3)c2)COCC(N)=N1.Cl. The topological polar surface area (TPSA) is 89.6 Å². The lowest BCUT2D eigenvalue weighted by molar-refractivity contribution is 0.102. The second kappa shape index (κ2) is 7.42. The van der Waals surface area contributed by atoms with E-state index in [4.69, 9.17) is 10.5 Å².